The van der Waals surface area contributed by atoms with Gasteiger partial charge in [0.15, 0.2) is 5.75 Å². The Hall–Kier alpha value is -6.12. The van der Waals surface area contributed by atoms with Crippen molar-refractivity contribution in [1.82, 2.24) is 0 Å². The van der Waals surface area contributed by atoms with E-state index in [1.807, 2.05) is 100 Å². The second-order valence-electron chi connectivity index (χ2n) is 13.4. The number of halogens is 8. The number of para-hydroxylation sites is 2. The van der Waals surface area contributed by atoms with Gasteiger partial charge in [0.05, 0.1) is 34.7 Å². The van der Waals surface area contributed by atoms with Crippen molar-refractivity contribution in [2.45, 2.75) is 60.8 Å². The quantitative estimate of drug-likeness (QED) is 0.0969. The van der Waals surface area contributed by atoms with Crippen molar-refractivity contribution in [3.8, 4) is 11.5 Å². The van der Waals surface area contributed by atoms with Gasteiger partial charge in [-0.1, -0.05) is 95.5 Å². The van der Waals surface area contributed by atoms with Gasteiger partial charge in [0.1, 0.15) is 5.75 Å². The minimum Gasteiger partial charge on any atom is -0.496 e. The summed E-state index contributed by atoms with van der Waals surface area (Å²) in [5, 5.41) is 22.4. The lowest BCUT2D eigenvalue weighted by atomic mass is 10.1. The molecule has 0 atom stereocenters. The van der Waals surface area contributed by atoms with E-state index in [2.05, 4.69) is 0 Å². The van der Waals surface area contributed by atoms with Crippen LogP contribution in [0.15, 0.2) is 133 Å². The molecule has 6 aromatic carbocycles. The van der Waals surface area contributed by atoms with Crippen LogP contribution in [0, 0.1) is 61.8 Å². The predicted octanol–water partition coefficient (Wildman–Crippen LogP) is 15.5. The molecule has 8 nitrogen and oxygen atoms in total. The van der Waals surface area contributed by atoms with Crippen molar-refractivity contribution in [2.24, 2.45) is 0 Å². The lowest BCUT2D eigenvalue weighted by Gasteiger charge is -2.12. The van der Waals surface area contributed by atoms with Gasteiger partial charge in [0.2, 0.25) is 0 Å². The summed E-state index contributed by atoms with van der Waals surface area (Å²) in [7, 11) is 1.68. The van der Waals surface area contributed by atoms with Gasteiger partial charge in [-0.05, 0) is 125 Å². The molecule has 0 aliphatic rings. The molecule has 0 aliphatic heterocycles. The third-order valence-corrected chi connectivity index (χ3v) is 8.45. The van der Waals surface area contributed by atoms with Gasteiger partial charge in [-0.25, -0.2) is 0 Å². The molecular formula is C47H48Cl2F6N2O6. The predicted molar refractivity (Wildman–Crippen MR) is 238 cm³/mol. The monoisotopic (exact) mass is 920 g/mol. The molecule has 0 aromatic heterocycles. The highest BCUT2D eigenvalue weighted by molar-refractivity contribution is 6.30. The molecule has 0 amide bonds. The molecule has 0 unspecified atom stereocenters. The van der Waals surface area contributed by atoms with Crippen LogP contribution in [-0.4, -0.2) is 23.6 Å². The van der Waals surface area contributed by atoms with Crippen LogP contribution in [0.1, 0.15) is 51.4 Å². The van der Waals surface area contributed by atoms with Gasteiger partial charge in [0, 0.05) is 27.7 Å². The topological polar surface area (TPSA) is 105 Å². The summed E-state index contributed by atoms with van der Waals surface area (Å²) in [6.45, 7) is 13.0. The molecule has 63 heavy (non-hydrogen) atoms. The van der Waals surface area contributed by atoms with Gasteiger partial charge < -0.3 is 9.47 Å². The van der Waals surface area contributed by atoms with Gasteiger partial charge in [-0.2, -0.15) is 26.3 Å². The van der Waals surface area contributed by atoms with Gasteiger partial charge in [0.25, 0.3) is 5.69 Å². The molecule has 0 spiro atoms. The van der Waals surface area contributed by atoms with Crippen molar-refractivity contribution in [3.05, 3.63) is 208 Å². The number of nitro groups is 2. The number of aryl methyl sites for hydroxylation is 6. The fourth-order valence-electron chi connectivity index (χ4n) is 4.85. The van der Waals surface area contributed by atoms with Crippen molar-refractivity contribution < 1.29 is 45.7 Å². The van der Waals surface area contributed by atoms with Crippen LogP contribution in [-0.2, 0) is 12.4 Å². The fourth-order valence-corrected chi connectivity index (χ4v) is 5.22. The number of nitrogens with zero attached hydrogens (tertiary/aromatic N) is 2. The number of rotatable bonds is 5. The maximum Gasteiger partial charge on any atom is 0.416 e. The first-order valence-electron chi connectivity index (χ1n) is 18.8. The van der Waals surface area contributed by atoms with E-state index < -0.39 is 28.4 Å². The second-order valence-corrected chi connectivity index (χ2v) is 14.2. The maximum absolute atomic E-state index is 12.2. The maximum atomic E-state index is 12.2. The van der Waals surface area contributed by atoms with Gasteiger partial charge >= 0.3 is 18.0 Å². The second kappa shape index (κ2) is 27.0. The van der Waals surface area contributed by atoms with E-state index in [1.54, 1.807) is 51.3 Å². The van der Waals surface area contributed by atoms with E-state index >= 15 is 0 Å². The highest BCUT2D eigenvalue weighted by Crippen LogP contribution is 2.36. The number of nitro benzene ring substituents is 2. The minimum absolute atomic E-state index is 0.0295. The van der Waals surface area contributed by atoms with Crippen molar-refractivity contribution in [2.75, 3.05) is 13.7 Å². The van der Waals surface area contributed by atoms with Crippen molar-refractivity contribution in [3.63, 3.8) is 0 Å². The molecule has 6 aromatic rings. The smallest absolute Gasteiger partial charge is 0.416 e. The Kier molecular flexibility index (Phi) is 23.6. The SMILES string of the molecule is CCOc1ccc(C)cc1[N+](=O)[O-].COc1ccccc1C.Cc1cc(C(F)(F)F)cc(C(F)(F)F)c1.Cc1ccc(Cl)cc1.Cc1cccc(Cl)c1.Cc1ccccc1[N+](=O)[O-]. The highest BCUT2D eigenvalue weighted by Gasteiger charge is 2.36. The Morgan fingerprint density at radius 3 is 1.38 bits per heavy atom. The molecule has 0 N–H and O–H groups in total. The molecule has 0 heterocycles. The van der Waals surface area contributed by atoms with Crippen LogP contribution in [0.3, 0.4) is 0 Å². The Bertz CT molecular complexity index is 2270. The number of hydrogen-bond donors (Lipinski definition) is 0. The van der Waals surface area contributed by atoms with Crippen molar-refractivity contribution in [1.29, 1.82) is 0 Å². The largest absolute Gasteiger partial charge is 0.496 e. The zero-order valence-corrected chi connectivity index (χ0v) is 37.3. The normalized spacial score (nSPS) is 10.2. The lowest BCUT2D eigenvalue weighted by molar-refractivity contribution is -0.385. The fraction of sp³-hybridized carbons (Fsp3) is 0.234. The first-order valence-corrected chi connectivity index (χ1v) is 19.5. The molecule has 0 fully saturated rings. The van der Waals surface area contributed by atoms with E-state index in [0.29, 0.717) is 30.1 Å². The summed E-state index contributed by atoms with van der Waals surface area (Å²) in [6, 6.07) is 36.5. The molecule has 0 saturated heterocycles. The highest BCUT2D eigenvalue weighted by atomic mass is 35.5. The standard InChI is InChI=1S/C9H6F6.C9H11NO3.C8H10O.2C7H7Cl.C7H7NO2/c1-5-2-6(8(10,11)12)4-7(3-5)9(13,14)15;1-3-13-9-5-4-7(2)6-8(9)10(11)12;1-7-5-3-4-6-8(7)9-2;1-6-2-4-7(8)5-3-6;1-6-3-2-4-7(8)5-6;1-6-4-2-3-5-7(6)8(9)10/h2-4H,1H3;4-6H,3H2,1-2H3;3-6H,1-2H3;2*2-5H,1H3;2-5H,1H3. The zero-order valence-electron chi connectivity index (χ0n) is 35.8. The summed E-state index contributed by atoms with van der Waals surface area (Å²) < 4.78 is 83.2. The molecule has 0 radical (unpaired) electrons. The first kappa shape index (κ1) is 54.9. The molecule has 0 aliphatic carbocycles. The molecular weight excluding hydrogens is 873 g/mol. The summed E-state index contributed by atoms with van der Waals surface area (Å²) >= 11 is 11.3. The molecule has 338 valence electrons. The molecule has 0 bridgehead atoms. The summed E-state index contributed by atoms with van der Waals surface area (Å²) in [5.41, 5.74) is 2.76. The van der Waals surface area contributed by atoms with Gasteiger partial charge in [-0.15, -0.1) is 0 Å². The third-order valence-electron chi connectivity index (χ3n) is 7.96. The number of benzene rings is 6. The van der Waals surface area contributed by atoms with Crippen LogP contribution in [0.5, 0.6) is 11.5 Å². The number of alkyl halides is 6. The van der Waals surface area contributed by atoms with Crippen LogP contribution in [0.25, 0.3) is 0 Å². The Morgan fingerprint density at radius 1 is 0.508 bits per heavy atom. The first-order chi connectivity index (χ1) is 29.4. The van der Waals surface area contributed by atoms with Crippen molar-refractivity contribution >= 4 is 34.6 Å². The minimum atomic E-state index is -4.76. The average Bonchev–Trinajstić information content (AvgIpc) is 3.20. The van der Waals surface area contributed by atoms with Crippen LogP contribution in [0.2, 0.25) is 10.0 Å². The lowest BCUT2D eigenvalue weighted by Crippen LogP contribution is -2.11. The van der Waals surface area contributed by atoms with E-state index in [9.17, 15) is 46.6 Å². The summed E-state index contributed by atoms with van der Waals surface area (Å²) in [5.74, 6) is 1.29. The van der Waals surface area contributed by atoms with Gasteiger partial charge in [-0.3, -0.25) is 20.2 Å². The van der Waals surface area contributed by atoms with E-state index in [1.165, 1.54) is 35.7 Å². The third kappa shape index (κ3) is 22.0. The summed E-state index contributed by atoms with van der Waals surface area (Å²) in [4.78, 5) is 20.0. The van der Waals surface area contributed by atoms with E-state index in [-0.39, 0.29) is 27.9 Å². The van der Waals surface area contributed by atoms with Crippen LogP contribution in [0.4, 0.5) is 37.7 Å². The zero-order chi connectivity index (χ0) is 47.9. The van der Waals surface area contributed by atoms with Crippen LogP contribution >= 0.6 is 23.2 Å². The molecule has 6 rings (SSSR count). The Balaban J connectivity index is 0.000000384. The van der Waals surface area contributed by atoms with Crippen LogP contribution < -0.4 is 9.47 Å². The molecule has 0 saturated carbocycles. The molecule has 16 heteroatoms. The number of ether oxygens (including phenoxy) is 2. The Morgan fingerprint density at radius 2 is 1.00 bits per heavy atom. The summed E-state index contributed by atoms with van der Waals surface area (Å²) in [6.07, 6.45) is -9.52. The van der Waals surface area contributed by atoms with E-state index in [4.69, 9.17) is 32.7 Å². The Labute approximate surface area is 373 Å². The average molecular weight is 922 g/mol. The number of hydrogen-bond acceptors (Lipinski definition) is 6. The number of methoxy groups -OCH3 is 1. The van der Waals surface area contributed by atoms with E-state index in [0.717, 1.165) is 21.4 Å².